The molecule has 0 aliphatic carbocycles. The molecule has 0 fully saturated rings. The quantitative estimate of drug-likeness (QED) is 0.801. The molecule has 0 saturated carbocycles. The van der Waals surface area contributed by atoms with E-state index in [-0.39, 0.29) is 0 Å². The van der Waals surface area contributed by atoms with Crippen LogP contribution in [-0.2, 0) is 0 Å². The van der Waals surface area contributed by atoms with E-state index in [1.54, 1.807) is 0 Å². The Morgan fingerprint density at radius 1 is 1.47 bits per heavy atom. The molecule has 1 aromatic carbocycles. The molecule has 1 heterocycles. The Balaban J connectivity index is 2.35. The molecule has 0 amide bonds. The number of hydrogen-bond acceptors (Lipinski definition) is 2. The van der Waals surface area contributed by atoms with E-state index in [4.69, 9.17) is 4.74 Å². The van der Waals surface area contributed by atoms with E-state index in [2.05, 4.69) is 37.4 Å². The van der Waals surface area contributed by atoms with Crippen LogP contribution < -0.4 is 10.1 Å². The van der Waals surface area contributed by atoms with Crippen LogP contribution in [0.3, 0.4) is 0 Å². The second-order valence-electron chi connectivity index (χ2n) is 4.27. The van der Waals surface area contributed by atoms with E-state index in [0.717, 1.165) is 18.6 Å². The van der Waals surface area contributed by atoms with Crippen molar-refractivity contribution in [1.82, 2.24) is 5.32 Å². The highest BCUT2D eigenvalue weighted by Gasteiger charge is 2.25. The Bertz CT molecular complexity index is 348. The number of hydrogen-bond donors (Lipinski definition) is 1. The Hall–Kier alpha value is -1.02. The fourth-order valence-electron chi connectivity index (χ4n) is 2.19. The molecule has 1 aromatic rings. The molecule has 0 bridgehead atoms. The smallest absolute Gasteiger partial charge is 0.124 e. The summed E-state index contributed by atoms with van der Waals surface area (Å²) in [6.45, 7) is 4.30. The summed E-state index contributed by atoms with van der Waals surface area (Å²) in [5, 5.41) is 3.37. The fraction of sp³-hybridized carbons (Fsp3) is 0.538. The number of aryl methyl sites for hydroxylation is 1. The van der Waals surface area contributed by atoms with E-state index in [1.807, 2.05) is 7.05 Å². The van der Waals surface area contributed by atoms with Gasteiger partial charge in [-0.25, -0.2) is 0 Å². The predicted molar refractivity (Wildman–Crippen MR) is 62.3 cm³/mol. The van der Waals surface area contributed by atoms with Gasteiger partial charge in [0.2, 0.25) is 0 Å². The van der Waals surface area contributed by atoms with Crippen LogP contribution in [0.1, 0.15) is 36.9 Å². The SMILES string of the molecule is CCC1CC(NC)c2cc(C)ccc2O1. The Morgan fingerprint density at radius 2 is 2.27 bits per heavy atom. The second kappa shape index (κ2) is 4.23. The van der Waals surface area contributed by atoms with E-state index in [0.29, 0.717) is 12.1 Å². The summed E-state index contributed by atoms with van der Waals surface area (Å²) in [4.78, 5) is 0. The predicted octanol–water partition coefficient (Wildman–Crippen LogP) is 2.82. The minimum atomic E-state index is 0.359. The van der Waals surface area contributed by atoms with Crippen molar-refractivity contribution in [3.63, 3.8) is 0 Å². The lowest BCUT2D eigenvalue weighted by molar-refractivity contribution is 0.148. The molecular weight excluding hydrogens is 186 g/mol. The van der Waals surface area contributed by atoms with Crippen LogP contribution in [0.2, 0.25) is 0 Å². The highest BCUT2D eigenvalue weighted by Crippen LogP contribution is 2.35. The molecule has 2 unspecified atom stereocenters. The van der Waals surface area contributed by atoms with Crippen molar-refractivity contribution < 1.29 is 4.74 Å². The highest BCUT2D eigenvalue weighted by atomic mass is 16.5. The van der Waals surface area contributed by atoms with Crippen LogP contribution in [-0.4, -0.2) is 13.2 Å². The number of benzene rings is 1. The van der Waals surface area contributed by atoms with Crippen molar-refractivity contribution in [3.8, 4) is 5.75 Å². The molecule has 2 heteroatoms. The number of nitrogens with one attached hydrogen (secondary N) is 1. The van der Waals surface area contributed by atoms with Crippen molar-refractivity contribution in [3.05, 3.63) is 29.3 Å². The van der Waals surface area contributed by atoms with Gasteiger partial charge in [0.1, 0.15) is 11.9 Å². The summed E-state index contributed by atoms with van der Waals surface area (Å²) < 4.78 is 5.93. The van der Waals surface area contributed by atoms with Gasteiger partial charge in [0.15, 0.2) is 0 Å². The lowest BCUT2D eigenvalue weighted by Gasteiger charge is -2.31. The molecule has 1 N–H and O–H groups in total. The lowest BCUT2D eigenvalue weighted by Crippen LogP contribution is -2.30. The molecule has 82 valence electrons. The van der Waals surface area contributed by atoms with Crippen molar-refractivity contribution in [1.29, 1.82) is 0 Å². The zero-order chi connectivity index (χ0) is 10.8. The van der Waals surface area contributed by atoms with Gasteiger partial charge < -0.3 is 10.1 Å². The average molecular weight is 205 g/mol. The van der Waals surface area contributed by atoms with Gasteiger partial charge in [0, 0.05) is 18.0 Å². The summed E-state index contributed by atoms with van der Waals surface area (Å²) in [5.41, 5.74) is 2.61. The average Bonchev–Trinajstić information content (AvgIpc) is 2.27. The lowest BCUT2D eigenvalue weighted by atomic mass is 9.94. The highest BCUT2D eigenvalue weighted by molar-refractivity contribution is 5.40. The van der Waals surface area contributed by atoms with Crippen LogP contribution >= 0.6 is 0 Å². The number of ether oxygens (including phenoxy) is 1. The second-order valence-corrected chi connectivity index (χ2v) is 4.27. The van der Waals surface area contributed by atoms with Gasteiger partial charge in [0.25, 0.3) is 0 Å². The van der Waals surface area contributed by atoms with Gasteiger partial charge in [-0.2, -0.15) is 0 Å². The summed E-state index contributed by atoms with van der Waals surface area (Å²) in [5.74, 6) is 1.05. The minimum absolute atomic E-state index is 0.359. The first-order valence-electron chi connectivity index (χ1n) is 5.69. The van der Waals surface area contributed by atoms with Crippen molar-refractivity contribution in [2.24, 2.45) is 0 Å². The molecule has 0 aromatic heterocycles. The third-order valence-electron chi connectivity index (χ3n) is 3.14. The fourth-order valence-corrected chi connectivity index (χ4v) is 2.19. The first kappa shape index (κ1) is 10.5. The maximum atomic E-state index is 5.93. The summed E-state index contributed by atoms with van der Waals surface area (Å²) in [6.07, 6.45) is 2.51. The topological polar surface area (TPSA) is 21.3 Å². The standard InChI is InChI=1S/C13H19NO/c1-4-10-8-12(14-3)11-7-9(2)5-6-13(11)15-10/h5-7,10,12,14H,4,8H2,1-3H3. The Labute approximate surface area is 91.6 Å². The van der Waals surface area contributed by atoms with Gasteiger partial charge in [-0.15, -0.1) is 0 Å². The van der Waals surface area contributed by atoms with Crippen molar-refractivity contribution >= 4 is 0 Å². The van der Waals surface area contributed by atoms with Gasteiger partial charge in [-0.1, -0.05) is 24.6 Å². The third-order valence-corrected chi connectivity index (χ3v) is 3.14. The molecule has 15 heavy (non-hydrogen) atoms. The van der Waals surface area contributed by atoms with Crippen molar-refractivity contribution in [2.45, 2.75) is 38.8 Å². The molecule has 1 aliphatic rings. The largest absolute Gasteiger partial charge is 0.490 e. The Kier molecular flexibility index (Phi) is 2.96. The van der Waals surface area contributed by atoms with Crippen LogP contribution in [0.15, 0.2) is 18.2 Å². The van der Waals surface area contributed by atoms with Gasteiger partial charge in [-0.3, -0.25) is 0 Å². The molecule has 0 spiro atoms. The molecule has 0 saturated heterocycles. The van der Waals surface area contributed by atoms with E-state index >= 15 is 0 Å². The maximum absolute atomic E-state index is 5.93. The first-order chi connectivity index (χ1) is 7.24. The van der Waals surface area contributed by atoms with Crippen LogP contribution in [0.4, 0.5) is 0 Å². The minimum Gasteiger partial charge on any atom is -0.490 e. The summed E-state index contributed by atoms with van der Waals surface area (Å²) in [6, 6.07) is 6.88. The number of fused-ring (bicyclic) bond motifs is 1. The molecule has 2 atom stereocenters. The zero-order valence-electron chi connectivity index (χ0n) is 9.71. The van der Waals surface area contributed by atoms with E-state index < -0.39 is 0 Å². The first-order valence-corrected chi connectivity index (χ1v) is 5.69. The molecule has 2 rings (SSSR count). The van der Waals surface area contributed by atoms with Crippen LogP contribution in [0.25, 0.3) is 0 Å². The van der Waals surface area contributed by atoms with E-state index in [9.17, 15) is 0 Å². The van der Waals surface area contributed by atoms with Crippen LogP contribution in [0.5, 0.6) is 5.75 Å². The summed E-state index contributed by atoms with van der Waals surface area (Å²) >= 11 is 0. The molecule has 2 nitrogen and oxygen atoms in total. The van der Waals surface area contributed by atoms with Crippen LogP contribution in [0, 0.1) is 6.92 Å². The van der Waals surface area contributed by atoms with Gasteiger partial charge in [0.05, 0.1) is 0 Å². The molecule has 0 radical (unpaired) electrons. The summed E-state index contributed by atoms with van der Waals surface area (Å²) in [7, 11) is 2.02. The van der Waals surface area contributed by atoms with Crippen molar-refractivity contribution in [2.75, 3.05) is 7.05 Å². The van der Waals surface area contributed by atoms with Gasteiger partial charge >= 0.3 is 0 Å². The third kappa shape index (κ3) is 2.00. The monoisotopic (exact) mass is 205 g/mol. The van der Waals surface area contributed by atoms with Gasteiger partial charge in [-0.05, 0) is 26.5 Å². The number of rotatable bonds is 2. The Morgan fingerprint density at radius 3 is 2.93 bits per heavy atom. The zero-order valence-corrected chi connectivity index (χ0v) is 9.71. The van der Waals surface area contributed by atoms with E-state index in [1.165, 1.54) is 11.1 Å². The molecule has 1 aliphatic heterocycles. The maximum Gasteiger partial charge on any atom is 0.124 e. The molecular formula is C13H19NO. The normalized spacial score (nSPS) is 24.5.